The van der Waals surface area contributed by atoms with Crippen LogP contribution in [0.25, 0.3) is 11.4 Å². The lowest BCUT2D eigenvalue weighted by molar-refractivity contribution is -0.384. The van der Waals surface area contributed by atoms with Crippen LogP contribution in [0.3, 0.4) is 0 Å². The molecular formula is C78H138Cl2N16O6. The van der Waals surface area contributed by atoms with Crippen LogP contribution in [0.4, 0.5) is 5.69 Å². The summed E-state index contributed by atoms with van der Waals surface area (Å²) < 4.78 is 10.5. The molecule has 5 saturated carbocycles. The van der Waals surface area contributed by atoms with E-state index in [9.17, 15) is 20.0 Å². The molecule has 5 aliphatic rings. The van der Waals surface area contributed by atoms with Crippen LogP contribution in [0.2, 0.25) is 5.02 Å². The fourth-order valence-electron chi connectivity index (χ4n) is 18.4. The van der Waals surface area contributed by atoms with Crippen LogP contribution in [-0.4, -0.2) is 125 Å². The second-order valence-corrected chi connectivity index (χ2v) is 33.8. The number of H-pyrrole nitrogens is 5. The first-order chi connectivity index (χ1) is 48.4. The van der Waals surface area contributed by atoms with E-state index in [2.05, 4.69) is 180 Å². The Labute approximate surface area is 626 Å². The Kier molecular flexibility index (Phi) is 32.9. The standard InChI is InChI=1S/C18H23ClN4O3.C18H31N3O2.C16H29N3O.C13H22ClN3.C13H23N3.5H2/c1-10-5-12(9-24)6-11(2)14(10)8-17-20-18(22-21-17)13-3-4-15(19)16(7-13)23(25)26;1-6-11(2)18-19-17(20-21-18)9-16-12(3)7-15(8-13(16)4)10-23-14(5)22;1-10(2)16-17-15(18-19-16)8-14-11(3)6-13(9-20-5)7-12(14)4;1-8-4-11(7-14)5-9(2)12(8)6-13-15-10(3)16-17-13;1-8-5-9(2)12(10(3)6-8)7-13-14-11(4)15-16-13;;;;;/h3-4,7,10-12,14,24H,5-6,8-9H2,1-2H3,(H,20,21,22);11-13,15-16H,6-10H2,1-5H3,(H,19,20,21);10-14H,6-9H2,1-5H3,(H,17,18,19);8-9,11-12H,4-7H2,1-3H3,(H,15,16,17);8-10,12H,5-7H2,1-4H3,(H,14,15,16);5*1H. The largest absolute Gasteiger partial charge is 0.466 e. The summed E-state index contributed by atoms with van der Waals surface area (Å²) in [4.78, 5) is 44.2. The number of esters is 1. The number of hydrogen-bond donors (Lipinski definition) is 6. The number of ether oxygens (including phenoxy) is 2. The van der Waals surface area contributed by atoms with Crippen LogP contribution in [0.5, 0.6) is 0 Å². The third-order valence-corrected chi connectivity index (χ3v) is 24.7. The topological polar surface area (TPSA) is 307 Å². The van der Waals surface area contributed by atoms with Crippen molar-refractivity contribution in [3.63, 3.8) is 0 Å². The van der Waals surface area contributed by atoms with Gasteiger partial charge in [-0.2, -0.15) is 25.5 Å². The predicted molar refractivity (Wildman–Crippen MR) is 415 cm³/mol. The van der Waals surface area contributed by atoms with Gasteiger partial charge in [0.15, 0.2) is 29.1 Å². The molecule has 0 amide bonds. The van der Waals surface area contributed by atoms with Crippen molar-refractivity contribution in [2.75, 3.05) is 32.8 Å². The van der Waals surface area contributed by atoms with Gasteiger partial charge in [0.25, 0.3) is 5.69 Å². The number of nitrogens with zero attached hydrogens (tertiary/aromatic N) is 11. The summed E-state index contributed by atoms with van der Waals surface area (Å²) in [6.45, 7) is 41.4. The number of aliphatic hydroxyl groups excluding tert-OH is 1. The van der Waals surface area contributed by atoms with E-state index in [0.29, 0.717) is 94.9 Å². The van der Waals surface area contributed by atoms with Gasteiger partial charge in [0.1, 0.15) is 34.1 Å². The number of aryl methyl sites for hydroxylation is 2. The first-order valence-corrected chi connectivity index (χ1v) is 39.6. The molecule has 5 aromatic heterocycles. The normalized spacial score (nSPS) is 30.5. The second kappa shape index (κ2) is 40.1. The molecule has 11 atom stereocenters. The van der Waals surface area contributed by atoms with Gasteiger partial charge < -0.3 is 14.6 Å². The van der Waals surface area contributed by atoms with Crippen LogP contribution in [0.1, 0.15) is 253 Å². The fraction of sp³-hybridized carbons (Fsp3) is 0.782. The van der Waals surface area contributed by atoms with Gasteiger partial charge in [-0.3, -0.25) is 40.4 Å². The van der Waals surface area contributed by atoms with Crippen molar-refractivity contribution in [2.45, 2.75) is 239 Å². The molecule has 0 saturated heterocycles. The molecule has 5 aliphatic carbocycles. The molecule has 24 heteroatoms. The average molecular weight is 1470 g/mol. The van der Waals surface area contributed by atoms with Crippen molar-refractivity contribution in [3.05, 3.63) is 85.8 Å². The van der Waals surface area contributed by atoms with Crippen LogP contribution < -0.4 is 0 Å². The molecule has 11 rings (SSSR count). The zero-order valence-corrected chi connectivity index (χ0v) is 66.8. The number of hydrogen-bond acceptors (Lipinski definition) is 16. The molecule has 0 spiro atoms. The number of carbonyl (C=O) groups excluding carboxylic acids is 1. The number of benzene rings is 1. The van der Waals surface area contributed by atoms with Gasteiger partial charge in [-0.15, -0.1) is 11.6 Å². The Morgan fingerprint density at radius 2 is 0.971 bits per heavy atom. The lowest BCUT2D eigenvalue weighted by atomic mass is 9.68. The van der Waals surface area contributed by atoms with Crippen molar-refractivity contribution in [1.82, 2.24) is 75.9 Å². The molecule has 102 heavy (non-hydrogen) atoms. The highest BCUT2D eigenvalue weighted by molar-refractivity contribution is 6.32. The Morgan fingerprint density at radius 1 is 0.569 bits per heavy atom. The van der Waals surface area contributed by atoms with Crippen LogP contribution in [0.15, 0.2) is 18.2 Å². The molecule has 0 aliphatic heterocycles. The molecule has 6 aromatic rings. The summed E-state index contributed by atoms with van der Waals surface area (Å²) in [6, 6.07) is 4.57. The highest BCUT2D eigenvalue weighted by Gasteiger charge is 2.38. The Balaban J connectivity index is 0.000000453. The van der Waals surface area contributed by atoms with Gasteiger partial charge in [0.05, 0.1) is 11.5 Å². The molecule has 0 radical (unpaired) electrons. The zero-order valence-electron chi connectivity index (χ0n) is 65.2. The molecule has 5 heterocycles. The van der Waals surface area contributed by atoms with Gasteiger partial charge in [0, 0.05) is 95.8 Å². The average Bonchev–Trinajstić information content (AvgIpc) is 1.81. The van der Waals surface area contributed by atoms with E-state index in [-0.39, 0.29) is 30.4 Å². The van der Waals surface area contributed by atoms with Gasteiger partial charge >= 0.3 is 5.97 Å². The minimum Gasteiger partial charge on any atom is -0.466 e. The van der Waals surface area contributed by atoms with Crippen LogP contribution >= 0.6 is 23.2 Å². The number of aromatic nitrogens is 15. The number of aliphatic hydroxyl groups is 1. The third-order valence-electron chi connectivity index (χ3n) is 23.9. The van der Waals surface area contributed by atoms with E-state index in [1.807, 2.05) is 21.0 Å². The lowest BCUT2D eigenvalue weighted by Crippen LogP contribution is -2.33. The minimum atomic E-state index is -0.512. The number of nitro benzene ring substituents is 1. The summed E-state index contributed by atoms with van der Waals surface area (Å²) in [5, 5.41) is 57.1. The highest BCUT2D eigenvalue weighted by atomic mass is 35.5. The quantitative estimate of drug-likeness (QED) is 0.0169. The SMILES string of the molecule is CC1CC(CO)CC(C)C1Cc1nc(-c2ccc(Cl)c([N+](=O)[O-])c2)n[nH]1.CCC(C)c1n[nH]c(CC2C(C)CC(COC(C)=O)CC2C)n1.COCC1CC(C)C(Cc2nc(C(C)C)n[nH]2)C(C)C1.Cc1nc(CC2C(C)CC(C)CC2C)n[nH]1.Cc1nc(CC2C(C)CC(CCl)CC2C)n[nH]1.[HH].[HH].[HH].[HH].[HH]. The van der Waals surface area contributed by atoms with E-state index in [0.717, 1.165) is 182 Å². The first kappa shape index (κ1) is 83.6. The number of alkyl halides is 1. The number of aromatic amines is 5. The molecule has 6 N–H and O–H groups in total. The summed E-state index contributed by atoms with van der Waals surface area (Å²) in [6.07, 6.45) is 17.9. The maximum Gasteiger partial charge on any atom is 0.302 e. The van der Waals surface area contributed by atoms with Gasteiger partial charge in [-0.05, 0) is 215 Å². The summed E-state index contributed by atoms with van der Waals surface area (Å²) in [5.74, 6) is 23.6. The summed E-state index contributed by atoms with van der Waals surface area (Å²) in [5.41, 5.74) is 0.411. The molecule has 5 fully saturated rings. The molecule has 0 bridgehead atoms. The number of nitrogens with one attached hydrogen (secondary N) is 5. The minimum absolute atomic E-state index is 0. The van der Waals surface area contributed by atoms with Gasteiger partial charge in [-0.25, -0.2) is 24.9 Å². The smallest absolute Gasteiger partial charge is 0.302 e. The molecule has 11 unspecified atom stereocenters. The first-order valence-electron chi connectivity index (χ1n) is 38.7. The lowest BCUT2D eigenvalue weighted by Gasteiger charge is -2.38. The molecular weight excluding hydrogens is 1330 g/mol. The van der Waals surface area contributed by atoms with E-state index in [1.165, 1.54) is 57.6 Å². The zero-order chi connectivity index (χ0) is 74.6. The Morgan fingerprint density at radius 3 is 1.36 bits per heavy atom. The van der Waals surface area contributed by atoms with E-state index in [1.54, 1.807) is 6.07 Å². The number of halogens is 2. The summed E-state index contributed by atoms with van der Waals surface area (Å²) >= 11 is 11.9. The molecule has 580 valence electrons. The van der Waals surface area contributed by atoms with Crippen LogP contribution in [-0.2, 0) is 46.4 Å². The monoisotopic (exact) mass is 1470 g/mol. The Bertz CT molecular complexity index is 3410. The van der Waals surface area contributed by atoms with Crippen molar-refractivity contribution < 1.29 is 31.4 Å². The van der Waals surface area contributed by atoms with E-state index in [4.69, 9.17) is 32.7 Å². The number of carbonyl (C=O) groups is 1. The van der Waals surface area contributed by atoms with Crippen molar-refractivity contribution in [1.29, 1.82) is 0 Å². The number of methoxy groups -OCH3 is 1. The third kappa shape index (κ3) is 24.7. The van der Waals surface area contributed by atoms with Crippen molar-refractivity contribution in [2.24, 2.45) is 118 Å². The maximum atomic E-state index is 11.1. The van der Waals surface area contributed by atoms with Gasteiger partial charge in [0.2, 0.25) is 0 Å². The fourth-order valence-corrected chi connectivity index (χ4v) is 18.8. The molecule has 1 aromatic carbocycles. The predicted octanol–water partition coefficient (Wildman–Crippen LogP) is 18.4. The number of nitro groups is 1. The highest BCUT2D eigenvalue weighted by Crippen LogP contribution is 2.44. The summed E-state index contributed by atoms with van der Waals surface area (Å²) in [7, 11) is 1.81. The maximum absolute atomic E-state index is 11.1. The molecule has 22 nitrogen and oxygen atoms in total. The van der Waals surface area contributed by atoms with Crippen molar-refractivity contribution in [3.8, 4) is 11.4 Å². The van der Waals surface area contributed by atoms with E-state index >= 15 is 0 Å². The van der Waals surface area contributed by atoms with Crippen molar-refractivity contribution >= 4 is 34.9 Å². The van der Waals surface area contributed by atoms with Crippen LogP contribution in [0, 0.1) is 142 Å². The number of rotatable bonds is 21. The van der Waals surface area contributed by atoms with Gasteiger partial charge in [-0.1, -0.05) is 115 Å². The van der Waals surface area contributed by atoms with E-state index < -0.39 is 4.92 Å². The Hall–Kier alpha value is -5.71. The second-order valence-electron chi connectivity index (χ2n) is 33.1.